The van der Waals surface area contributed by atoms with Gasteiger partial charge in [0, 0.05) is 17.9 Å². The van der Waals surface area contributed by atoms with Crippen LogP contribution in [0.2, 0.25) is 5.15 Å². The minimum Gasteiger partial charge on any atom is -0.376 e. The second-order valence-electron chi connectivity index (χ2n) is 6.45. The standard InChI is InChI=1S/C18H20ClN5O2S/c1-12-15(16(19)24(22-12)13-6-3-2-4-7-13)11-27-18-21-20-17(25)23(18)10-14-8-5-9-26-14/h2-4,6-7,14H,5,8-11H2,1H3,(H,20,25). The Hall–Kier alpha value is -2.03. The lowest BCUT2D eigenvalue weighted by molar-refractivity contribution is 0.0941. The number of nitrogens with one attached hydrogen (secondary N) is 1. The van der Waals surface area contributed by atoms with E-state index in [0.29, 0.717) is 22.6 Å². The van der Waals surface area contributed by atoms with E-state index in [0.717, 1.165) is 36.4 Å². The fraction of sp³-hybridized carbons (Fsp3) is 0.389. The zero-order valence-corrected chi connectivity index (χ0v) is 16.5. The molecule has 1 atom stereocenters. The van der Waals surface area contributed by atoms with Crippen LogP contribution in [0.15, 0.2) is 40.3 Å². The molecule has 1 fully saturated rings. The van der Waals surface area contributed by atoms with Crippen LogP contribution in [-0.2, 0) is 17.0 Å². The number of aromatic amines is 1. The van der Waals surface area contributed by atoms with Gasteiger partial charge in [0.25, 0.3) is 0 Å². The average Bonchev–Trinajstić information content (AvgIpc) is 3.38. The van der Waals surface area contributed by atoms with Gasteiger partial charge in [-0.1, -0.05) is 41.6 Å². The number of rotatable bonds is 6. The fourth-order valence-corrected chi connectivity index (χ4v) is 4.60. The SMILES string of the molecule is Cc1nn(-c2ccccc2)c(Cl)c1CSc1n[nH]c(=O)n1CC1CCCO1. The molecule has 1 aliphatic rings. The van der Waals surface area contributed by atoms with Crippen LogP contribution in [0.3, 0.4) is 0 Å². The Morgan fingerprint density at radius 3 is 2.93 bits per heavy atom. The van der Waals surface area contributed by atoms with Crippen molar-refractivity contribution in [2.75, 3.05) is 6.61 Å². The molecule has 0 bridgehead atoms. The van der Waals surface area contributed by atoms with Crippen LogP contribution in [0.4, 0.5) is 0 Å². The van der Waals surface area contributed by atoms with Crippen LogP contribution in [0.1, 0.15) is 24.1 Å². The minimum absolute atomic E-state index is 0.0748. The molecule has 0 radical (unpaired) electrons. The van der Waals surface area contributed by atoms with Crippen molar-refractivity contribution in [2.24, 2.45) is 0 Å². The molecule has 1 N–H and O–H groups in total. The van der Waals surface area contributed by atoms with Crippen molar-refractivity contribution in [3.8, 4) is 5.69 Å². The molecule has 27 heavy (non-hydrogen) atoms. The van der Waals surface area contributed by atoms with Crippen molar-refractivity contribution < 1.29 is 4.74 Å². The monoisotopic (exact) mass is 405 g/mol. The molecule has 4 rings (SSSR count). The molecular weight excluding hydrogens is 386 g/mol. The number of nitrogens with zero attached hydrogens (tertiary/aromatic N) is 4. The summed E-state index contributed by atoms with van der Waals surface area (Å²) >= 11 is 8.05. The number of benzene rings is 1. The summed E-state index contributed by atoms with van der Waals surface area (Å²) in [5.74, 6) is 0.577. The van der Waals surface area contributed by atoms with E-state index >= 15 is 0 Å². The maximum Gasteiger partial charge on any atom is 0.344 e. The summed E-state index contributed by atoms with van der Waals surface area (Å²) in [6.45, 7) is 3.21. The number of aromatic nitrogens is 5. The van der Waals surface area contributed by atoms with E-state index < -0.39 is 0 Å². The lowest BCUT2D eigenvalue weighted by atomic mass is 10.2. The third-order valence-corrected chi connectivity index (χ3v) is 5.99. The van der Waals surface area contributed by atoms with E-state index in [1.807, 2.05) is 37.3 Å². The quantitative estimate of drug-likeness (QED) is 0.637. The largest absolute Gasteiger partial charge is 0.376 e. The van der Waals surface area contributed by atoms with Crippen molar-refractivity contribution in [3.05, 3.63) is 57.2 Å². The summed E-state index contributed by atoms with van der Waals surface area (Å²) < 4.78 is 9.02. The molecule has 0 aliphatic carbocycles. The smallest absolute Gasteiger partial charge is 0.344 e. The summed E-state index contributed by atoms with van der Waals surface area (Å²) in [5, 5.41) is 12.5. The third-order valence-electron chi connectivity index (χ3n) is 4.60. The van der Waals surface area contributed by atoms with Crippen molar-refractivity contribution in [2.45, 2.75) is 43.3 Å². The van der Waals surface area contributed by atoms with Crippen molar-refractivity contribution >= 4 is 23.4 Å². The molecule has 3 aromatic rings. The highest BCUT2D eigenvalue weighted by molar-refractivity contribution is 7.98. The zero-order valence-electron chi connectivity index (χ0n) is 14.9. The molecule has 1 unspecified atom stereocenters. The van der Waals surface area contributed by atoms with Gasteiger partial charge in [0.15, 0.2) is 5.16 Å². The van der Waals surface area contributed by atoms with Gasteiger partial charge in [0.05, 0.1) is 24.0 Å². The highest BCUT2D eigenvalue weighted by Gasteiger charge is 2.21. The van der Waals surface area contributed by atoms with Gasteiger partial charge in [-0.3, -0.25) is 4.57 Å². The fourth-order valence-electron chi connectivity index (χ4n) is 3.14. The lowest BCUT2D eigenvalue weighted by Gasteiger charge is -2.11. The average molecular weight is 406 g/mol. The molecule has 9 heteroatoms. The van der Waals surface area contributed by atoms with E-state index in [9.17, 15) is 4.79 Å². The Morgan fingerprint density at radius 1 is 1.37 bits per heavy atom. The molecule has 1 aliphatic heterocycles. The minimum atomic E-state index is -0.212. The van der Waals surface area contributed by atoms with Gasteiger partial charge in [-0.2, -0.15) is 5.10 Å². The summed E-state index contributed by atoms with van der Waals surface area (Å²) in [7, 11) is 0. The Labute approximate surface area is 165 Å². The molecule has 3 heterocycles. The predicted octanol–water partition coefficient (Wildman–Crippen LogP) is 3.19. The number of halogens is 1. The van der Waals surface area contributed by atoms with Gasteiger partial charge in [-0.25, -0.2) is 14.6 Å². The molecule has 0 spiro atoms. The van der Waals surface area contributed by atoms with Crippen LogP contribution in [0, 0.1) is 6.92 Å². The summed E-state index contributed by atoms with van der Waals surface area (Å²) in [6, 6.07) is 9.77. The predicted molar refractivity (Wildman–Crippen MR) is 105 cm³/mol. The topological polar surface area (TPSA) is 77.7 Å². The number of hydrogen-bond acceptors (Lipinski definition) is 5. The van der Waals surface area contributed by atoms with Gasteiger partial charge < -0.3 is 4.74 Å². The van der Waals surface area contributed by atoms with Crippen LogP contribution in [0.25, 0.3) is 5.69 Å². The number of para-hydroxylation sites is 1. The molecular formula is C18H20ClN5O2S. The highest BCUT2D eigenvalue weighted by atomic mass is 35.5. The molecule has 0 amide bonds. The Kier molecular flexibility index (Phi) is 5.38. The van der Waals surface area contributed by atoms with Crippen molar-refractivity contribution in [1.29, 1.82) is 0 Å². The molecule has 0 saturated carbocycles. The number of thioether (sulfide) groups is 1. The van der Waals surface area contributed by atoms with E-state index in [2.05, 4.69) is 15.3 Å². The number of aryl methyl sites for hydroxylation is 1. The first-order valence-corrected chi connectivity index (χ1v) is 10.2. The third kappa shape index (κ3) is 3.83. The molecule has 7 nitrogen and oxygen atoms in total. The first-order chi connectivity index (χ1) is 13.1. The first-order valence-electron chi connectivity index (χ1n) is 8.82. The first kappa shape index (κ1) is 18.3. The van der Waals surface area contributed by atoms with E-state index in [1.165, 1.54) is 11.8 Å². The molecule has 1 saturated heterocycles. The normalized spacial score (nSPS) is 16.9. The van der Waals surface area contributed by atoms with Crippen molar-refractivity contribution in [3.63, 3.8) is 0 Å². The van der Waals surface area contributed by atoms with Gasteiger partial charge in [-0.05, 0) is 31.9 Å². The lowest BCUT2D eigenvalue weighted by Crippen LogP contribution is -2.24. The molecule has 1 aromatic carbocycles. The Bertz CT molecular complexity index is 976. The summed E-state index contributed by atoms with van der Waals surface area (Å²) in [5.41, 5.74) is 2.50. The van der Waals surface area contributed by atoms with Crippen LogP contribution >= 0.6 is 23.4 Å². The Balaban J connectivity index is 1.53. The molecule has 142 valence electrons. The number of H-pyrrole nitrogens is 1. The van der Waals surface area contributed by atoms with E-state index in [4.69, 9.17) is 16.3 Å². The summed E-state index contributed by atoms with van der Waals surface area (Å²) in [4.78, 5) is 12.1. The van der Waals surface area contributed by atoms with Gasteiger partial charge in [0.2, 0.25) is 0 Å². The second kappa shape index (κ2) is 7.92. The maximum absolute atomic E-state index is 12.1. The number of hydrogen-bond donors (Lipinski definition) is 1. The van der Waals surface area contributed by atoms with Crippen LogP contribution in [-0.4, -0.2) is 37.3 Å². The highest BCUT2D eigenvalue weighted by Crippen LogP contribution is 2.29. The van der Waals surface area contributed by atoms with Crippen LogP contribution in [0.5, 0.6) is 0 Å². The number of ether oxygens (including phenoxy) is 1. The second-order valence-corrected chi connectivity index (χ2v) is 7.75. The molecule has 2 aromatic heterocycles. The van der Waals surface area contributed by atoms with Crippen LogP contribution < -0.4 is 5.69 Å². The van der Waals surface area contributed by atoms with Gasteiger partial charge in [-0.15, -0.1) is 5.10 Å². The van der Waals surface area contributed by atoms with Gasteiger partial charge >= 0.3 is 5.69 Å². The summed E-state index contributed by atoms with van der Waals surface area (Å²) in [6.07, 6.45) is 2.08. The van der Waals surface area contributed by atoms with Crippen molar-refractivity contribution in [1.82, 2.24) is 24.5 Å². The zero-order chi connectivity index (χ0) is 18.8. The maximum atomic E-state index is 12.1. The van der Waals surface area contributed by atoms with E-state index in [1.54, 1.807) is 9.25 Å². The Morgan fingerprint density at radius 2 is 2.19 bits per heavy atom. The van der Waals surface area contributed by atoms with Gasteiger partial charge in [0.1, 0.15) is 5.15 Å². The van der Waals surface area contributed by atoms with E-state index in [-0.39, 0.29) is 11.8 Å².